The summed E-state index contributed by atoms with van der Waals surface area (Å²) in [7, 11) is 0. The van der Waals surface area contributed by atoms with Crippen LogP contribution in [-0.4, -0.2) is 5.11 Å². The normalized spacial score (nSPS) is 11.4. The molecular weight excluding hydrogens is 372 g/mol. The molecule has 0 fully saturated rings. The van der Waals surface area contributed by atoms with Gasteiger partial charge in [-0.25, -0.2) is 0 Å². The minimum absolute atomic E-state index is 0.714. The maximum Gasteiger partial charge on any atom is 0.0902 e. The molecule has 3 aromatic carbocycles. The van der Waals surface area contributed by atoms with Gasteiger partial charge >= 0.3 is 0 Å². The number of halogens is 1. The summed E-state index contributed by atoms with van der Waals surface area (Å²) in [5, 5.41) is 11.5. The van der Waals surface area contributed by atoms with Crippen LogP contribution in [0.4, 0.5) is 0 Å². The number of rotatable bonds is 7. The summed E-state index contributed by atoms with van der Waals surface area (Å²) in [5.41, 5.74) is 2.69. The van der Waals surface area contributed by atoms with Crippen molar-refractivity contribution in [3.05, 3.63) is 106 Å². The monoisotopic (exact) mass is 394 g/mol. The molecule has 0 bridgehead atoms. The van der Waals surface area contributed by atoms with Gasteiger partial charge in [-0.3, -0.25) is 0 Å². The van der Waals surface area contributed by atoms with Crippen molar-refractivity contribution in [1.82, 2.24) is 0 Å². The van der Waals surface area contributed by atoms with E-state index in [0.717, 1.165) is 22.9 Å². The Morgan fingerprint density at radius 3 is 1.52 bits per heavy atom. The van der Waals surface area contributed by atoms with Gasteiger partial charge in [-0.15, -0.1) is 0 Å². The largest absolute Gasteiger partial charge is 0.385 e. The number of benzene rings is 3. The molecule has 25 heavy (non-hydrogen) atoms. The second-order valence-electron chi connectivity index (χ2n) is 6.51. The molecule has 2 heteroatoms. The van der Waals surface area contributed by atoms with Crippen molar-refractivity contribution in [1.29, 1.82) is 0 Å². The molecule has 0 spiro atoms. The average Bonchev–Trinajstić information content (AvgIpc) is 2.67. The first-order chi connectivity index (χ1) is 12.2. The van der Waals surface area contributed by atoms with E-state index >= 15 is 0 Å². The van der Waals surface area contributed by atoms with E-state index in [1.54, 1.807) is 0 Å². The first kappa shape index (κ1) is 17.9. The summed E-state index contributed by atoms with van der Waals surface area (Å²) in [6.07, 6.45) is 3.15. The van der Waals surface area contributed by atoms with Crippen molar-refractivity contribution in [2.75, 3.05) is 0 Å². The molecule has 0 aromatic heterocycles. The van der Waals surface area contributed by atoms with E-state index in [9.17, 15) is 5.11 Å². The lowest BCUT2D eigenvalue weighted by Crippen LogP contribution is -2.27. The minimum Gasteiger partial charge on any atom is -0.385 e. The Morgan fingerprint density at radius 1 is 0.640 bits per heavy atom. The lowest BCUT2D eigenvalue weighted by Gasteiger charge is -2.29. The molecule has 0 saturated heterocycles. The summed E-state index contributed by atoms with van der Waals surface area (Å²) in [4.78, 5) is 0. The molecule has 0 aliphatic heterocycles. The quantitative estimate of drug-likeness (QED) is 0.528. The fraction of sp³-hybridized carbons (Fsp3) is 0.217. The van der Waals surface area contributed by atoms with Crippen molar-refractivity contribution >= 4 is 15.9 Å². The van der Waals surface area contributed by atoms with Gasteiger partial charge in [-0.1, -0.05) is 88.7 Å². The van der Waals surface area contributed by atoms with Gasteiger partial charge in [-0.2, -0.15) is 0 Å². The van der Waals surface area contributed by atoms with Crippen LogP contribution in [0.5, 0.6) is 0 Å². The maximum absolute atomic E-state index is 11.5. The average molecular weight is 395 g/mol. The van der Waals surface area contributed by atoms with Crippen LogP contribution in [0.3, 0.4) is 0 Å². The first-order valence-electron chi connectivity index (χ1n) is 8.72. The van der Waals surface area contributed by atoms with Crippen LogP contribution < -0.4 is 0 Å². The van der Waals surface area contributed by atoms with Gasteiger partial charge in [0.2, 0.25) is 0 Å². The van der Waals surface area contributed by atoms with E-state index in [-0.39, 0.29) is 0 Å². The molecule has 0 radical (unpaired) electrons. The minimum atomic E-state index is -0.827. The van der Waals surface area contributed by atoms with Crippen LogP contribution in [0, 0.1) is 0 Å². The predicted molar refractivity (Wildman–Crippen MR) is 108 cm³/mol. The van der Waals surface area contributed by atoms with Crippen molar-refractivity contribution in [3.63, 3.8) is 0 Å². The fourth-order valence-electron chi connectivity index (χ4n) is 3.17. The third kappa shape index (κ3) is 5.04. The van der Waals surface area contributed by atoms with Gasteiger partial charge in [0.05, 0.1) is 5.60 Å². The van der Waals surface area contributed by atoms with E-state index in [0.29, 0.717) is 12.8 Å². The lowest BCUT2D eigenvalue weighted by molar-refractivity contribution is 0.0189. The van der Waals surface area contributed by atoms with Crippen LogP contribution in [0.2, 0.25) is 0 Å². The van der Waals surface area contributed by atoms with Crippen LogP contribution in [-0.2, 0) is 18.4 Å². The Balaban J connectivity index is 1.78. The maximum atomic E-state index is 11.5. The molecule has 0 heterocycles. The molecule has 3 rings (SSSR count). The summed E-state index contributed by atoms with van der Waals surface area (Å²) < 4.78 is 1.03. The van der Waals surface area contributed by atoms with Gasteiger partial charge in [0.15, 0.2) is 0 Å². The number of hydrogen-bond donors (Lipinski definition) is 1. The summed E-state index contributed by atoms with van der Waals surface area (Å²) in [6.45, 7) is 0. The van der Waals surface area contributed by atoms with Crippen molar-refractivity contribution < 1.29 is 5.11 Å². The van der Waals surface area contributed by atoms with E-state index in [1.807, 2.05) is 36.4 Å². The first-order valence-corrected chi connectivity index (χ1v) is 9.51. The zero-order chi connectivity index (χ0) is 17.5. The third-order valence-electron chi connectivity index (χ3n) is 4.72. The molecule has 3 aromatic rings. The Labute approximate surface area is 158 Å². The highest BCUT2D eigenvalue weighted by molar-refractivity contribution is 9.10. The van der Waals surface area contributed by atoms with Gasteiger partial charge in [0.25, 0.3) is 0 Å². The van der Waals surface area contributed by atoms with Crippen molar-refractivity contribution in [3.8, 4) is 0 Å². The molecule has 1 nitrogen and oxygen atoms in total. The number of aryl methyl sites for hydroxylation is 2. The number of aliphatic hydroxyl groups is 1. The second-order valence-corrected chi connectivity index (χ2v) is 7.43. The standard InChI is InChI=1S/C23H23BrO/c24-22-13-11-21(12-14-22)23(25,17-15-19-7-3-1-4-8-19)18-16-20-9-5-2-6-10-20/h1-14,25H,15-18H2. The Bertz CT molecular complexity index is 723. The van der Waals surface area contributed by atoms with Crippen LogP contribution in [0.25, 0.3) is 0 Å². The summed E-state index contributed by atoms with van der Waals surface area (Å²) >= 11 is 3.48. The summed E-state index contributed by atoms with van der Waals surface area (Å²) in [6, 6.07) is 28.8. The third-order valence-corrected chi connectivity index (χ3v) is 5.25. The Morgan fingerprint density at radius 2 is 1.08 bits per heavy atom. The molecule has 0 atom stereocenters. The number of hydrogen-bond acceptors (Lipinski definition) is 1. The molecule has 0 saturated carbocycles. The highest BCUT2D eigenvalue weighted by atomic mass is 79.9. The van der Waals surface area contributed by atoms with E-state index in [1.165, 1.54) is 11.1 Å². The van der Waals surface area contributed by atoms with Crippen LogP contribution >= 0.6 is 15.9 Å². The zero-order valence-corrected chi connectivity index (χ0v) is 15.8. The van der Waals surface area contributed by atoms with Crippen molar-refractivity contribution in [2.24, 2.45) is 0 Å². The molecule has 0 amide bonds. The molecule has 0 unspecified atom stereocenters. The zero-order valence-electron chi connectivity index (χ0n) is 14.2. The van der Waals surface area contributed by atoms with Crippen LogP contribution in [0.15, 0.2) is 89.4 Å². The van der Waals surface area contributed by atoms with E-state index in [2.05, 4.69) is 64.5 Å². The molecule has 1 N–H and O–H groups in total. The molecule has 128 valence electrons. The van der Waals surface area contributed by atoms with Gasteiger partial charge in [-0.05, 0) is 54.5 Å². The lowest BCUT2D eigenvalue weighted by atomic mass is 9.83. The highest BCUT2D eigenvalue weighted by Crippen LogP contribution is 2.32. The van der Waals surface area contributed by atoms with E-state index < -0.39 is 5.60 Å². The molecule has 0 aliphatic carbocycles. The van der Waals surface area contributed by atoms with E-state index in [4.69, 9.17) is 0 Å². The van der Waals surface area contributed by atoms with Crippen LogP contribution in [0.1, 0.15) is 29.5 Å². The highest BCUT2D eigenvalue weighted by Gasteiger charge is 2.28. The van der Waals surface area contributed by atoms with Gasteiger partial charge in [0.1, 0.15) is 0 Å². The van der Waals surface area contributed by atoms with Gasteiger partial charge < -0.3 is 5.11 Å². The van der Waals surface area contributed by atoms with Gasteiger partial charge in [0, 0.05) is 4.47 Å². The predicted octanol–water partition coefficient (Wildman–Crippen LogP) is 5.90. The molecule has 0 aliphatic rings. The second kappa shape index (κ2) is 8.46. The Kier molecular flexibility index (Phi) is 6.06. The topological polar surface area (TPSA) is 20.2 Å². The smallest absolute Gasteiger partial charge is 0.0902 e. The Hall–Kier alpha value is -1.90. The fourth-order valence-corrected chi connectivity index (χ4v) is 3.43. The molecular formula is C23H23BrO. The summed E-state index contributed by atoms with van der Waals surface area (Å²) in [5.74, 6) is 0. The SMILES string of the molecule is OC(CCc1ccccc1)(CCc1ccccc1)c1ccc(Br)cc1. The van der Waals surface area contributed by atoms with Crippen molar-refractivity contribution in [2.45, 2.75) is 31.3 Å².